The zero-order chi connectivity index (χ0) is 14.8. The number of aryl methyl sites for hydroxylation is 2. The highest BCUT2D eigenvalue weighted by Gasteiger charge is 2.14. The highest BCUT2D eigenvalue weighted by atomic mass is 16.2. The minimum atomic E-state index is -0.237. The Morgan fingerprint density at radius 1 is 1.29 bits per heavy atom. The van der Waals surface area contributed by atoms with E-state index in [9.17, 15) is 4.79 Å². The lowest BCUT2D eigenvalue weighted by molar-refractivity contribution is 0.101. The number of pyridine rings is 1. The molecule has 0 saturated heterocycles. The second kappa shape index (κ2) is 5.20. The third-order valence-electron chi connectivity index (χ3n) is 2.99. The summed E-state index contributed by atoms with van der Waals surface area (Å²) in [4.78, 5) is 16.6. The minimum absolute atomic E-state index is 0.237. The summed E-state index contributed by atoms with van der Waals surface area (Å²) in [5.41, 5.74) is 1.87. The standard InChI is InChI=1S/C14H14N6O/c1-10-9-12(19(2)18-10)14(21)17-11-5-3-6-15-13(11)20-8-4-7-16-20/h3-9H,1-2H3,(H,17,21). The van der Waals surface area contributed by atoms with Gasteiger partial charge in [-0.25, -0.2) is 9.67 Å². The summed E-state index contributed by atoms with van der Waals surface area (Å²) in [6.45, 7) is 1.84. The number of carbonyl (C=O) groups is 1. The molecule has 0 fully saturated rings. The molecule has 0 aliphatic rings. The van der Waals surface area contributed by atoms with Crippen LogP contribution in [0.2, 0.25) is 0 Å². The molecule has 0 unspecified atom stereocenters. The van der Waals surface area contributed by atoms with Gasteiger partial charge in [-0.1, -0.05) is 0 Å². The van der Waals surface area contributed by atoms with Crippen molar-refractivity contribution >= 4 is 11.6 Å². The molecule has 0 aromatic carbocycles. The number of nitrogens with one attached hydrogen (secondary N) is 1. The lowest BCUT2D eigenvalue weighted by Crippen LogP contribution is -2.17. The average molecular weight is 282 g/mol. The van der Waals surface area contributed by atoms with Gasteiger partial charge < -0.3 is 5.32 Å². The molecule has 3 rings (SSSR count). The van der Waals surface area contributed by atoms with Crippen LogP contribution in [0.5, 0.6) is 0 Å². The van der Waals surface area contributed by atoms with E-state index in [2.05, 4.69) is 20.5 Å². The summed E-state index contributed by atoms with van der Waals surface area (Å²) in [6, 6.07) is 7.08. The van der Waals surface area contributed by atoms with E-state index in [1.807, 2.05) is 6.92 Å². The number of anilines is 1. The topological polar surface area (TPSA) is 77.6 Å². The Hall–Kier alpha value is -2.96. The van der Waals surface area contributed by atoms with Gasteiger partial charge in [0.2, 0.25) is 0 Å². The fourth-order valence-corrected chi connectivity index (χ4v) is 2.08. The average Bonchev–Trinajstić information content (AvgIpc) is 3.09. The molecular weight excluding hydrogens is 268 g/mol. The van der Waals surface area contributed by atoms with Gasteiger partial charge in [-0.3, -0.25) is 9.48 Å². The van der Waals surface area contributed by atoms with E-state index in [0.717, 1.165) is 5.69 Å². The van der Waals surface area contributed by atoms with Gasteiger partial charge in [0.05, 0.1) is 11.4 Å². The summed E-state index contributed by atoms with van der Waals surface area (Å²) in [5, 5.41) is 11.1. The van der Waals surface area contributed by atoms with Gasteiger partial charge in [0.25, 0.3) is 5.91 Å². The van der Waals surface area contributed by atoms with E-state index in [4.69, 9.17) is 0 Å². The number of hydrogen-bond acceptors (Lipinski definition) is 4. The van der Waals surface area contributed by atoms with E-state index in [1.54, 1.807) is 59.3 Å². The SMILES string of the molecule is Cc1cc(C(=O)Nc2cccnc2-n2cccn2)n(C)n1. The zero-order valence-corrected chi connectivity index (χ0v) is 11.7. The first-order chi connectivity index (χ1) is 10.1. The van der Waals surface area contributed by atoms with Gasteiger partial charge in [0.1, 0.15) is 5.69 Å². The van der Waals surface area contributed by atoms with Crippen LogP contribution in [0.4, 0.5) is 5.69 Å². The van der Waals surface area contributed by atoms with Crippen molar-refractivity contribution in [3.63, 3.8) is 0 Å². The number of nitrogens with zero attached hydrogens (tertiary/aromatic N) is 5. The fraction of sp³-hybridized carbons (Fsp3) is 0.143. The summed E-state index contributed by atoms with van der Waals surface area (Å²) in [6.07, 6.45) is 5.08. The largest absolute Gasteiger partial charge is 0.317 e. The van der Waals surface area contributed by atoms with Crippen LogP contribution in [-0.4, -0.2) is 30.5 Å². The quantitative estimate of drug-likeness (QED) is 0.791. The van der Waals surface area contributed by atoms with Crippen molar-refractivity contribution < 1.29 is 4.79 Å². The summed E-state index contributed by atoms with van der Waals surface area (Å²) in [5.74, 6) is 0.328. The van der Waals surface area contributed by atoms with Gasteiger partial charge in [-0.05, 0) is 31.2 Å². The number of rotatable bonds is 3. The smallest absolute Gasteiger partial charge is 0.274 e. The van der Waals surface area contributed by atoms with E-state index < -0.39 is 0 Å². The molecule has 0 saturated carbocycles. The van der Waals surface area contributed by atoms with Crippen molar-refractivity contribution in [3.8, 4) is 5.82 Å². The van der Waals surface area contributed by atoms with Gasteiger partial charge >= 0.3 is 0 Å². The molecule has 3 aromatic heterocycles. The molecule has 0 atom stereocenters. The van der Waals surface area contributed by atoms with Crippen LogP contribution in [0.25, 0.3) is 5.82 Å². The van der Waals surface area contributed by atoms with Crippen molar-refractivity contribution in [1.82, 2.24) is 24.5 Å². The van der Waals surface area contributed by atoms with Crippen molar-refractivity contribution in [2.45, 2.75) is 6.92 Å². The first-order valence-corrected chi connectivity index (χ1v) is 6.42. The Kier molecular flexibility index (Phi) is 3.23. The van der Waals surface area contributed by atoms with Crippen LogP contribution < -0.4 is 5.32 Å². The monoisotopic (exact) mass is 282 g/mol. The molecule has 1 amide bonds. The van der Waals surface area contributed by atoms with Crippen LogP contribution >= 0.6 is 0 Å². The molecule has 0 spiro atoms. The highest BCUT2D eigenvalue weighted by Crippen LogP contribution is 2.17. The van der Waals surface area contributed by atoms with Crippen LogP contribution in [0.15, 0.2) is 42.9 Å². The Balaban J connectivity index is 1.92. The Bertz CT molecular complexity index is 775. The van der Waals surface area contributed by atoms with Gasteiger partial charge in [-0.15, -0.1) is 0 Å². The second-order valence-electron chi connectivity index (χ2n) is 4.57. The number of hydrogen-bond donors (Lipinski definition) is 1. The maximum atomic E-state index is 12.3. The van der Waals surface area contributed by atoms with Crippen LogP contribution in [0.3, 0.4) is 0 Å². The Morgan fingerprint density at radius 2 is 2.14 bits per heavy atom. The maximum absolute atomic E-state index is 12.3. The molecule has 21 heavy (non-hydrogen) atoms. The number of carbonyl (C=O) groups excluding carboxylic acids is 1. The van der Waals surface area contributed by atoms with E-state index >= 15 is 0 Å². The van der Waals surface area contributed by atoms with E-state index in [-0.39, 0.29) is 5.91 Å². The first kappa shape index (κ1) is 13.0. The Morgan fingerprint density at radius 3 is 2.81 bits per heavy atom. The van der Waals surface area contributed by atoms with Crippen molar-refractivity contribution in [2.24, 2.45) is 7.05 Å². The molecule has 3 aromatic rings. The van der Waals surface area contributed by atoms with Gasteiger partial charge in [0, 0.05) is 25.6 Å². The molecule has 0 aliphatic heterocycles. The van der Waals surface area contributed by atoms with Gasteiger partial charge in [0.15, 0.2) is 5.82 Å². The number of aromatic nitrogens is 5. The zero-order valence-electron chi connectivity index (χ0n) is 11.7. The fourth-order valence-electron chi connectivity index (χ4n) is 2.08. The molecule has 1 N–H and O–H groups in total. The molecule has 7 heteroatoms. The second-order valence-corrected chi connectivity index (χ2v) is 4.57. The normalized spacial score (nSPS) is 10.6. The third-order valence-corrected chi connectivity index (χ3v) is 2.99. The molecule has 7 nitrogen and oxygen atoms in total. The molecule has 0 aliphatic carbocycles. The molecule has 106 valence electrons. The van der Waals surface area contributed by atoms with Crippen LogP contribution in [0.1, 0.15) is 16.2 Å². The molecule has 0 radical (unpaired) electrons. The Labute approximate surface area is 121 Å². The molecular formula is C14H14N6O. The van der Waals surface area contributed by atoms with E-state index in [1.165, 1.54) is 0 Å². The van der Waals surface area contributed by atoms with Gasteiger partial charge in [-0.2, -0.15) is 10.2 Å². The van der Waals surface area contributed by atoms with Crippen LogP contribution in [0, 0.1) is 6.92 Å². The van der Waals surface area contributed by atoms with Crippen molar-refractivity contribution in [2.75, 3.05) is 5.32 Å². The van der Waals surface area contributed by atoms with Crippen molar-refractivity contribution in [3.05, 3.63) is 54.2 Å². The predicted molar refractivity (Wildman–Crippen MR) is 77.3 cm³/mol. The van der Waals surface area contributed by atoms with E-state index in [0.29, 0.717) is 17.2 Å². The maximum Gasteiger partial charge on any atom is 0.274 e. The predicted octanol–water partition coefficient (Wildman–Crippen LogP) is 1.56. The summed E-state index contributed by atoms with van der Waals surface area (Å²) in [7, 11) is 1.74. The first-order valence-electron chi connectivity index (χ1n) is 6.42. The third kappa shape index (κ3) is 2.53. The summed E-state index contributed by atoms with van der Waals surface area (Å²) < 4.78 is 3.15. The van der Waals surface area contributed by atoms with Crippen molar-refractivity contribution in [1.29, 1.82) is 0 Å². The highest BCUT2D eigenvalue weighted by molar-refractivity contribution is 6.04. The van der Waals surface area contributed by atoms with Crippen LogP contribution in [-0.2, 0) is 7.05 Å². The lowest BCUT2D eigenvalue weighted by Gasteiger charge is -2.09. The lowest BCUT2D eigenvalue weighted by atomic mass is 10.3. The minimum Gasteiger partial charge on any atom is -0.317 e. The molecule has 0 bridgehead atoms. The summed E-state index contributed by atoms with van der Waals surface area (Å²) >= 11 is 0. The molecule has 3 heterocycles. The number of amides is 1.